The third-order valence-corrected chi connectivity index (χ3v) is 5.72. The van der Waals surface area contributed by atoms with Crippen LogP contribution in [0.15, 0.2) is 17.0 Å². The summed E-state index contributed by atoms with van der Waals surface area (Å²) < 4.78 is 63.6. The average molecular weight is 431 g/mol. The highest BCUT2D eigenvalue weighted by molar-refractivity contribution is 7.91. The number of hydrogen-bond acceptors (Lipinski definition) is 5. The van der Waals surface area contributed by atoms with E-state index in [1.165, 1.54) is 6.92 Å². The van der Waals surface area contributed by atoms with Crippen molar-refractivity contribution in [3.05, 3.63) is 33.4 Å². The third kappa shape index (κ3) is 3.46. The fourth-order valence-electron chi connectivity index (χ4n) is 2.13. The monoisotopic (exact) mass is 430 g/mol. The van der Waals surface area contributed by atoms with Crippen molar-refractivity contribution in [2.45, 2.75) is 18.0 Å². The van der Waals surface area contributed by atoms with Gasteiger partial charge in [0.05, 0.1) is 21.4 Å². The molecular formula is C13H11Cl2F3N4O3S. The molecule has 0 unspecified atom stereocenters. The fourth-order valence-corrected chi connectivity index (χ4v) is 3.91. The Hall–Kier alpha value is -1.98. The summed E-state index contributed by atoms with van der Waals surface area (Å²) in [6.07, 6.45) is -4.71. The number of sulfone groups is 1. The molecule has 0 fully saturated rings. The van der Waals surface area contributed by atoms with Crippen molar-refractivity contribution in [3.63, 3.8) is 0 Å². The van der Waals surface area contributed by atoms with Crippen LogP contribution >= 0.6 is 23.2 Å². The first-order valence-corrected chi connectivity index (χ1v) is 9.19. The summed E-state index contributed by atoms with van der Waals surface area (Å²) in [4.78, 5) is 10.9. The minimum atomic E-state index is -4.71. The van der Waals surface area contributed by atoms with E-state index in [9.17, 15) is 26.4 Å². The molecule has 1 aromatic heterocycles. The number of benzene rings is 1. The molecule has 13 heteroatoms. The van der Waals surface area contributed by atoms with E-state index in [2.05, 4.69) is 5.10 Å². The van der Waals surface area contributed by atoms with Crippen LogP contribution in [-0.2, 0) is 16.0 Å². The molecule has 142 valence electrons. The number of carbonyl (C=O) groups is 1. The van der Waals surface area contributed by atoms with Gasteiger partial charge in [-0.1, -0.05) is 30.1 Å². The molecule has 26 heavy (non-hydrogen) atoms. The highest BCUT2D eigenvalue weighted by Crippen LogP contribution is 2.39. The normalized spacial score (nSPS) is 12.4. The predicted molar refractivity (Wildman–Crippen MR) is 89.2 cm³/mol. The summed E-state index contributed by atoms with van der Waals surface area (Å²) in [6, 6.07) is 1.14. The number of nitrogen functional groups attached to an aromatic ring is 1. The zero-order chi connectivity index (χ0) is 20.0. The first kappa shape index (κ1) is 20.3. The molecule has 0 aliphatic carbocycles. The number of amides is 1. The maximum atomic E-state index is 12.8. The summed E-state index contributed by atoms with van der Waals surface area (Å²) in [5.41, 5.74) is 8.79. The quantitative estimate of drug-likeness (QED) is 0.771. The molecule has 4 N–H and O–H groups in total. The number of halogens is 5. The SMILES string of the molecule is CCS(=O)(=O)c1c(C(N)=O)nn(-c2c(Cl)cc(C(F)(F)F)cc2Cl)c1N. The van der Waals surface area contributed by atoms with Crippen LogP contribution in [0.2, 0.25) is 10.0 Å². The van der Waals surface area contributed by atoms with Gasteiger partial charge in [-0.2, -0.15) is 18.3 Å². The van der Waals surface area contributed by atoms with Gasteiger partial charge in [-0.3, -0.25) is 4.79 Å². The first-order chi connectivity index (χ1) is 11.8. The van der Waals surface area contributed by atoms with Crippen LogP contribution in [0, 0.1) is 0 Å². The van der Waals surface area contributed by atoms with Gasteiger partial charge in [0.1, 0.15) is 16.4 Å². The lowest BCUT2D eigenvalue weighted by Crippen LogP contribution is -2.17. The van der Waals surface area contributed by atoms with Gasteiger partial charge in [0.15, 0.2) is 15.5 Å². The van der Waals surface area contributed by atoms with E-state index in [1.807, 2.05) is 0 Å². The Bertz CT molecular complexity index is 980. The Morgan fingerprint density at radius 2 is 1.77 bits per heavy atom. The lowest BCUT2D eigenvalue weighted by Gasteiger charge is -2.13. The Labute approximate surface area is 155 Å². The lowest BCUT2D eigenvalue weighted by atomic mass is 10.2. The van der Waals surface area contributed by atoms with Crippen molar-refractivity contribution < 1.29 is 26.4 Å². The Morgan fingerprint density at radius 1 is 1.27 bits per heavy atom. The average Bonchev–Trinajstić information content (AvgIpc) is 2.84. The number of nitrogens with zero attached hydrogens (tertiary/aromatic N) is 2. The van der Waals surface area contributed by atoms with Crippen molar-refractivity contribution in [3.8, 4) is 5.69 Å². The minimum absolute atomic E-state index is 0.320. The van der Waals surface area contributed by atoms with E-state index >= 15 is 0 Å². The Kier molecular flexibility index (Phi) is 5.19. The van der Waals surface area contributed by atoms with Gasteiger partial charge in [-0.25, -0.2) is 13.1 Å². The molecule has 2 aromatic rings. The third-order valence-electron chi connectivity index (χ3n) is 3.36. The molecule has 0 atom stereocenters. The molecule has 0 bridgehead atoms. The molecule has 1 aromatic carbocycles. The van der Waals surface area contributed by atoms with Gasteiger partial charge in [0, 0.05) is 0 Å². The Balaban J connectivity index is 2.83. The van der Waals surface area contributed by atoms with Gasteiger partial charge < -0.3 is 11.5 Å². The molecule has 0 saturated carbocycles. The molecule has 0 aliphatic heterocycles. The van der Waals surface area contributed by atoms with Gasteiger partial charge >= 0.3 is 6.18 Å². The van der Waals surface area contributed by atoms with E-state index in [-0.39, 0.29) is 5.69 Å². The maximum absolute atomic E-state index is 12.8. The molecule has 1 heterocycles. The van der Waals surface area contributed by atoms with Crippen LogP contribution in [0.4, 0.5) is 19.0 Å². The fraction of sp³-hybridized carbons (Fsp3) is 0.231. The number of aromatic nitrogens is 2. The minimum Gasteiger partial charge on any atom is -0.382 e. The second-order valence-electron chi connectivity index (χ2n) is 5.03. The number of primary amides is 1. The van der Waals surface area contributed by atoms with E-state index in [4.69, 9.17) is 34.7 Å². The van der Waals surface area contributed by atoms with E-state index in [1.54, 1.807) is 0 Å². The Morgan fingerprint density at radius 3 is 2.15 bits per heavy atom. The van der Waals surface area contributed by atoms with Crippen LogP contribution in [0.25, 0.3) is 5.69 Å². The molecule has 0 radical (unpaired) electrons. The zero-order valence-corrected chi connectivity index (χ0v) is 15.3. The number of nitrogens with two attached hydrogens (primary N) is 2. The van der Waals surface area contributed by atoms with Crippen LogP contribution in [0.1, 0.15) is 23.0 Å². The zero-order valence-electron chi connectivity index (χ0n) is 12.9. The second kappa shape index (κ2) is 6.63. The van der Waals surface area contributed by atoms with Gasteiger partial charge in [-0.15, -0.1) is 0 Å². The molecule has 0 saturated heterocycles. The van der Waals surface area contributed by atoms with Gasteiger partial charge in [0.2, 0.25) is 0 Å². The molecular weight excluding hydrogens is 420 g/mol. The number of rotatable bonds is 4. The first-order valence-electron chi connectivity index (χ1n) is 6.79. The van der Waals surface area contributed by atoms with E-state index in [0.29, 0.717) is 16.8 Å². The van der Waals surface area contributed by atoms with Crippen LogP contribution < -0.4 is 11.5 Å². The largest absolute Gasteiger partial charge is 0.416 e. The highest BCUT2D eigenvalue weighted by atomic mass is 35.5. The number of anilines is 1. The topological polar surface area (TPSA) is 121 Å². The van der Waals surface area contributed by atoms with Crippen molar-refractivity contribution >= 4 is 44.8 Å². The highest BCUT2D eigenvalue weighted by Gasteiger charge is 2.34. The van der Waals surface area contributed by atoms with Gasteiger partial charge in [0.25, 0.3) is 5.91 Å². The molecule has 0 aliphatic rings. The predicted octanol–water partition coefficient (Wildman–Crippen LogP) is 2.67. The summed E-state index contributed by atoms with van der Waals surface area (Å²) in [7, 11) is -4.02. The number of hydrogen-bond donors (Lipinski definition) is 2. The summed E-state index contributed by atoms with van der Waals surface area (Å²) in [5, 5.41) is 2.69. The maximum Gasteiger partial charge on any atom is 0.416 e. The van der Waals surface area contributed by atoms with E-state index < -0.39 is 59.7 Å². The van der Waals surface area contributed by atoms with Crippen LogP contribution in [0.5, 0.6) is 0 Å². The lowest BCUT2D eigenvalue weighted by molar-refractivity contribution is -0.137. The summed E-state index contributed by atoms with van der Waals surface area (Å²) in [6.45, 7) is 1.30. The summed E-state index contributed by atoms with van der Waals surface area (Å²) >= 11 is 11.7. The summed E-state index contributed by atoms with van der Waals surface area (Å²) in [5.74, 6) is -2.16. The molecule has 0 spiro atoms. The van der Waals surface area contributed by atoms with Crippen molar-refractivity contribution in [2.24, 2.45) is 5.73 Å². The smallest absolute Gasteiger partial charge is 0.382 e. The van der Waals surface area contributed by atoms with Crippen molar-refractivity contribution in [1.29, 1.82) is 0 Å². The molecule has 2 rings (SSSR count). The van der Waals surface area contributed by atoms with Crippen LogP contribution in [-0.4, -0.2) is 29.9 Å². The molecule has 7 nitrogen and oxygen atoms in total. The van der Waals surface area contributed by atoms with E-state index in [0.717, 1.165) is 0 Å². The number of alkyl halides is 3. The van der Waals surface area contributed by atoms with Gasteiger partial charge in [-0.05, 0) is 12.1 Å². The number of carbonyl (C=O) groups excluding carboxylic acids is 1. The van der Waals surface area contributed by atoms with Crippen LogP contribution in [0.3, 0.4) is 0 Å². The second-order valence-corrected chi connectivity index (χ2v) is 8.06. The van der Waals surface area contributed by atoms with Crippen molar-refractivity contribution in [2.75, 3.05) is 11.5 Å². The standard InChI is InChI=1S/C13H11Cl2F3N4O3S/c1-2-26(24,25)10-8(12(20)23)21-22(11(10)19)9-6(14)3-5(4-7(9)15)13(16,17)18/h3-4H,2,19H2,1H3,(H2,20,23). The molecule has 1 amide bonds. The van der Waals surface area contributed by atoms with Crippen molar-refractivity contribution in [1.82, 2.24) is 9.78 Å².